The number of nitrogens with one attached hydrogen (secondary N) is 5. The molecule has 718 valence electrons. The summed E-state index contributed by atoms with van der Waals surface area (Å²) < 4.78 is 28.2. The number of anilines is 5. The minimum atomic E-state index is -0.407. The van der Waals surface area contributed by atoms with Gasteiger partial charge < -0.3 is 67.5 Å². The lowest BCUT2D eigenvalue weighted by molar-refractivity contribution is -0.121. The van der Waals surface area contributed by atoms with Crippen LogP contribution in [0.5, 0.6) is 0 Å². The standard InChI is InChI=1S/2C24H28N2O2.C24H25NO2.2C23H26N2O2.CH4/c1-17(2)28-16-18-9-11-20(12-10-18)23(26(3)4)24(27)25-22-14-13-19-7-5-6-8-21(19)15-22;1-17(2)28-16-18-7-9-20(10-8-18)23(13-14-25)24(27)26-22-12-11-19-5-3-4-6-21(19)15-22;1-16(2)27-15-17-7-9-19(10-8-17)22-14-23(22)24(26)25-21-12-11-18-5-3-4-6-20(18)13-21;1-16(2)27-15-17-6-5-9-20(12-17)22(14-24)23(26)25-21-11-10-18-7-3-4-8-19(18)13-21;1-16(2)27-15-17-7-9-19(10-8-17)22(14-24)23(26)25-21-12-11-18-5-3-4-6-20(18)13-21;/h5-15,17,23H,16H2,1-4H3,(H,25,27);3-12,15,17,23H,13-14,16,25H2,1-2H3,(H,26,27);3-13,16,22-23H,14-15H2,1-2H3,(H,25,26);2*3-13,16,22H,14-15,24H2,1-2H3,(H,25,26);1H4. The number of ether oxygens (including phenoxy) is 5. The van der Waals surface area contributed by atoms with Crippen LogP contribution in [0.1, 0.15) is 175 Å². The Bertz CT molecular complexity index is 6420. The second-order valence-electron chi connectivity index (χ2n) is 36.3. The molecule has 19 nitrogen and oxygen atoms in total. The van der Waals surface area contributed by atoms with E-state index in [1.165, 1.54) is 16.5 Å². The van der Waals surface area contributed by atoms with Gasteiger partial charge in [0.15, 0.2) is 0 Å². The van der Waals surface area contributed by atoms with Crippen LogP contribution in [0.25, 0.3) is 53.9 Å². The third-order valence-electron chi connectivity index (χ3n) is 23.6. The Labute approximate surface area is 815 Å². The topological polar surface area (TPSA) is 273 Å². The third kappa shape index (κ3) is 31.8. The normalized spacial score (nSPS) is 13.5. The molecule has 19 heteroatoms. The summed E-state index contributed by atoms with van der Waals surface area (Å²) in [6.07, 6.45) is 2.49. The van der Waals surface area contributed by atoms with E-state index in [1.807, 2.05) is 373 Å². The van der Waals surface area contributed by atoms with Gasteiger partial charge in [-0.3, -0.25) is 28.9 Å². The maximum atomic E-state index is 13.0. The van der Waals surface area contributed by atoms with Crippen LogP contribution in [0.15, 0.2) is 334 Å². The molecule has 0 radical (unpaired) electrons. The van der Waals surface area contributed by atoms with Crippen LogP contribution in [-0.4, -0.2) is 98.7 Å². The lowest BCUT2D eigenvalue weighted by Crippen LogP contribution is -2.32. The average Bonchev–Trinajstić information content (AvgIpc) is 1.63. The molecular formula is C119H137N9O10. The van der Waals surface area contributed by atoms with Gasteiger partial charge in [-0.2, -0.15) is 0 Å². The van der Waals surface area contributed by atoms with Crippen LogP contribution in [-0.2, 0) is 80.7 Å². The maximum Gasteiger partial charge on any atom is 0.246 e. The van der Waals surface area contributed by atoms with Crippen LogP contribution in [0.3, 0.4) is 0 Å². The first-order valence-corrected chi connectivity index (χ1v) is 47.5. The highest BCUT2D eigenvalue weighted by molar-refractivity contribution is 6.02. The molecule has 15 aromatic carbocycles. The monoisotopic (exact) mass is 1850 g/mol. The van der Waals surface area contributed by atoms with Crippen LogP contribution >= 0.6 is 0 Å². The van der Waals surface area contributed by atoms with Gasteiger partial charge in [-0.1, -0.05) is 280 Å². The van der Waals surface area contributed by atoms with E-state index in [1.54, 1.807) is 0 Å². The van der Waals surface area contributed by atoms with Gasteiger partial charge in [0.2, 0.25) is 29.5 Å². The smallest absolute Gasteiger partial charge is 0.246 e. The molecule has 0 bridgehead atoms. The zero-order valence-electron chi connectivity index (χ0n) is 80.9. The fourth-order valence-corrected chi connectivity index (χ4v) is 16.0. The Kier molecular flexibility index (Phi) is 40.2. The zero-order chi connectivity index (χ0) is 97.3. The zero-order valence-corrected chi connectivity index (χ0v) is 80.9. The Morgan fingerprint density at radius 2 is 0.580 bits per heavy atom. The second-order valence-corrected chi connectivity index (χ2v) is 36.3. The van der Waals surface area contributed by atoms with Gasteiger partial charge in [0.05, 0.1) is 81.3 Å². The number of rotatable bonds is 35. The largest absolute Gasteiger partial charge is 0.374 e. The van der Waals surface area contributed by atoms with Gasteiger partial charge in [-0.25, -0.2) is 0 Å². The van der Waals surface area contributed by atoms with Gasteiger partial charge in [-0.15, -0.1) is 0 Å². The molecule has 1 aliphatic carbocycles. The quantitative estimate of drug-likeness (QED) is 0.0184. The number of nitrogens with two attached hydrogens (primary N) is 3. The molecule has 1 fully saturated rings. The Balaban J connectivity index is 0.000000165. The van der Waals surface area contributed by atoms with E-state index in [4.69, 9.17) is 40.9 Å². The van der Waals surface area contributed by atoms with E-state index in [0.717, 1.165) is 128 Å². The third-order valence-corrected chi connectivity index (χ3v) is 23.6. The second kappa shape index (κ2) is 52.8. The van der Waals surface area contributed by atoms with Crippen molar-refractivity contribution in [2.24, 2.45) is 23.1 Å². The number of carbonyl (C=O) groups is 5. The van der Waals surface area contributed by atoms with Crippen LogP contribution in [0.4, 0.5) is 28.4 Å². The van der Waals surface area contributed by atoms with Crippen molar-refractivity contribution in [2.75, 3.05) is 60.3 Å². The highest BCUT2D eigenvalue weighted by Crippen LogP contribution is 2.48. The van der Waals surface area contributed by atoms with Gasteiger partial charge in [0.25, 0.3) is 0 Å². The molecule has 0 saturated heterocycles. The number of fused-ring (bicyclic) bond motifs is 5. The minimum absolute atomic E-state index is 0. The van der Waals surface area contributed by atoms with Crippen molar-refractivity contribution >= 4 is 112 Å². The van der Waals surface area contributed by atoms with E-state index in [-0.39, 0.29) is 98.4 Å². The maximum absolute atomic E-state index is 13.0. The molecule has 1 aliphatic rings. The van der Waals surface area contributed by atoms with Crippen LogP contribution in [0, 0.1) is 5.92 Å². The molecule has 15 aromatic rings. The molecule has 1 saturated carbocycles. The molecular weight excluding hydrogens is 1720 g/mol. The first-order valence-electron chi connectivity index (χ1n) is 47.5. The van der Waals surface area contributed by atoms with Gasteiger partial charge in [-0.05, 0) is 279 Å². The minimum Gasteiger partial charge on any atom is -0.374 e. The Morgan fingerprint density at radius 1 is 0.297 bits per heavy atom. The van der Waals surface area contributed by atoms with Crippen molar-refractivity contribution in [3.8, 4) is 0 Å². The van der Waals surface area contributed by atoms with Crippen molar-refractivity contribution < 1.29 is 47.7 Å². The molecule has 0 aliphatic heterocycles. The first kappa shape index (κ1) is 105. The SMILES string of the molecule is C.CC(C)OCc1ccc(C(C(=O)Nc2ccc3ccccc3c2)N(C)C)cc1.CC(C)OCc1ccc(C(CCN)C(=O)Nc2ccc3ccccc3c2)cc1.CC(C)OCc1ccc(C(CN)C(=O)Nc2ccc3ccccc3c2)cc1.CC(C)OCc1ccc(C2CC2C(=O)Nc2ccc3ccccc3c2)cc1.CC(C)OCc1cccc(C(CN)C(=O)Nc2ccc3ccccc3c2)c1. The summed E-state index contributed by atoms with van der Waals surface area (Å²) in [4.78, 5) is 66.1. The summed E-state index contributed by atoms with van der Waals surface area (Å²) in [6.45, 7) is 24.0. The fourth-order valence-electron chi connectivity index (χ4n) is 16.0. The highest BCUT2D eigenvalue weighted by Gasteiger charge is 2.44. The molecule has 6 unspecified atom stereocenters. The predicted octanol–water partition coefficient (Wildman–Crippen LogP) is 24.9. The number of benzene rings is 15. The van der Waals surface area contributed by atoms with E-state index < -0.39 is 11.8 Å². The van der Waals surface area contributed by atoms with Crippen molar-refractivity contribution in [2.45, 2.75) is 183 Å². The molecule has 5 amide bonds. The van der Waals surface area contributed by atoms with E-state index >= 15 is 0 Å². The molecule has 0 aromatic heterocycles. The first-order chi connectivity index (χ1) is 66.2. The molecule has 138 heavy (non-hydrogen) atoms. The number of likely N-dealkylation sites (N-methyl/N-ethyl adjacent to an activating group) is 1. The number of amides is 5. The van der Waals surface area contributed by atoms with E-state index in [0.29, 0.717) is 51.9 Å². The Morgan fingerprint density at radius 3 is 0.899 bits per heavy atom. The van der Waals surface area contributed by atoms with Crippen molar-refractivity contribution in [3.05, 3.63) is 389 Å². The van der Waals surface area contributed by atoms with E-state index in [2.05, 4.69) is 75.1 Å². The van der Waals surface area contributed by atoms with Crippen molar-refractivity contribution in [1.29, 1.82) is 0 Å². The Hall–Kier alpha value is -13.4. The number of nitrogens with zero attached hydrogens (tertiary/aromatic N) is 1. The summed E-state index contributed by atoms with van der Waals surface area (Å²) in [5.41, 5.74) is 32.1. The summed E-state index contributed by atoms with van der Waals surface area (Å²) in [6, 6.07) is 110. The lowest BCUT2D eigenvalue weighted by atomic mass is 9.93. The summed E-state index contributed by atoms with van der Waals surface area (Å²) in [7, 11) is 3.83. The predicted molar refractivity (Wildman–Crippen MR) is 569 cm³/mol. The molecule has 11 N–H and O–H groups in total. The number of hydrogen-bond acceptors (Lipinski definition) is 14. The summed E-state index contributed by atoms with van der Waals surface area (Å²) in [5.74, 6) is -0.863. The molecule has 6 atom stereocenters. The van der Waals surface area contributed by atoms with Crippen molar-refractivity contribution in [1.82, 2.24) is 4.90 Å². The number of hydrogen-bond donors (Lipinski definition) is 8. The molecule has 0 spiro atoms. The van der Waals surface area contributed by atoms with Gasteiger partial charge >= 0.3 is 0 Å². The highest BCUT2D eigenvalue weighted by atomic mass is 16.5. The average molecular weight is 1850 g/mol. The lowest BCUT2D eigenvalue weighted by Gasteiger charge is -2.24. The van der Waals surface area contributed by atoms with Crippen LogP contribution in [0.2, 0.25) is 0 Å². The molecule has 16 rings (SSSR count). The summed E-state index contributed by atoms with van der Waals surface area (Å²) in [5, 5.41) is 26.5. The fraction of sp³-hybridized carbons (Fsp3) is 0.286. The summed E-state index contributed by atoms with van der Waals surface area (Å²) >= 11 is 0. The number of carbonyl (C=O) groups excluding carboxylic acids is 5. The van der Waals surface area contributed by atoms with E-state index in [9.17, 15) is 24.0 Å². The van der Waals surface area contributed by atoms with Gasteiger partial charge in [0.1, 0.15) is 6.04 Å². The van der Waals surface area contributed by atoms with Gasteiger partial charge in [0, 0.05) is 47.4 Å². The van der Waals surface area contributed by atoms with Crippen molar-refractivity contribution in [3.63, 3.8) is 0 Å². The van der Waals surface area contributed by atoms with Crippen LogP contribution < -0.4 is 43.8 Å². The molecule has 0 heterocycles.